The topological polar surface area (TPSA) is 221 Å². The first-order valence-electron chi connectivity index (χ1n) is 30.2. The zero-order valence-corrected chi connectivity index (χ0v) is 55.0. The second kappa shape index (κ2) is 66.0. The van der Waals surface area contributed by atoms with Crippen molar-refractivity contribution in [3.8, 4) is 69.0 Å². The van der Waals surface area contributed by atoms with Crippen molar-refractivity contribution in [1.82, 2.24) is 0 Å². The maximum Gasteiger partial charge on any atom is 0.160 e. The summed E-state index contributed by atoms with van der Waals surface area (Å²) in [6.07, 6.45) is 7.37. The van der Waals surface area contributed by atoms with Gasteiger partial charge < -0.3 is 60.5 Å². The highest BCUT2D eigenvalue weighted by atomic mass is 35.5. The van der Waals surface area contributed by atoms with E-state index in [4.69, 9.17) is 31.3 Å². The van der Waals surface area contributed by atoms with E-state index < -0.39 is 0 Å². The molecule has 13 heteroatoms. The minimum atomic E-state index is -0.0537. The van der Waals surface area contributed by atoms with Crippen molar-refractivity contribution in [3.05, 3.63) is 177 Å². The summed E-state index contributed by atoms with van der Waals surface area (Å²) in [5.41, 5.74) is 8.61. The Balaban J connectivity index is -0.0000000703. The normalized spacial score (nSPS) is 11.0. The van der Waals surface area contributed by atoms with Crippen molar-refractivity contribution in [2.45, 2.75) is 294 Å². The van der Waals surface area contributed by atoms with Gasteiger partial charge in [0.2, 0.25) is 0 Å². The van der Waals surface area contributed by atoms with Crippen molar-refractivity contribution in [2.24, 2.45) is 0 Å². The van der Waals surface area contributed by atoms with Gasteiger partial charge in [-0.15, -0.1) is 0 Å². The highest BCUT2D eigenvalue weighted by molar-refractivity contribution is 6.32. The Labute approximate surface area is 623 Å². The summed E-state index contributed by atoms with van der Waals surface area (Å²) in [4.78, 5) is 0. The van der Waals surface area contributed by atoms with Crippen LogP contribution >= 0.6 is 11.6 Å². The van der Waals surface area contributed by atoms with E-state index in [0.29, 0.717) is 63.7 Å². The third-order valence-corrected chi connectivity index (χ3v) is 16.1. The number of halogens is 1. The molecular formula is C87H159ClO12. The Morgan fingerprint density at radius 1 is 0.270 bits per heavy atom. The number of ether oxygens (including phenoxy) is 2. The summed E-state index contributed by atoms with van der Waals surface area (Å²) in [7, 11) is 3.12. The molecule has 7 rings (SSSR count). The van der Waals surface area contributed by atoms with E-state index in [1.54, 1.807) is 74.9 Å². The fraction of sp³-hybridized carbons (Fsp3) is 0.517. The van der Waals surface area contributed by atoms with Crippen LogP contribution < -0.4 is 9.47 Å². The Hall–Kier alpha value is -7.57. The van der Waals surface area contributed by atoms with Crippen molar-refractivity contribution in [1.29, 1.82) is 0 Å². The van der Waals surface area contributed by atoms with Gasteiger partial charge in [0.15, 0.2) is 34.5 Å². The lowest BCUT2D eigenvalue weighted by Gasteiger charge is -2.11. The lowest BCUT2D eigenvalue weighted by molar-refractivity contribution is 0.372. The third kappa shape index (κ3) is 43.8. The van der Waals surface area contributed by atoms with Gasteiger partial charge in [-0.2, -0.15) is 0 Å². The van der Waals surface area contributed by atoms with Crippen LogP contribution in [-0.2, 0) is 0 Å². The molecule has 0 spiro atoms. The monoisotopic (exact) mass is 1430 g/mol. The Morgan fingerprint density at radius 3 is 0.930 bits per heavy atom. The quantitative estimate of drug-likeness (QED) is 0.0409. The number of phenols is 10. The number of hydrogen-bond acceptors (Lipinski definition) is 12. The van der Waals surface area contributed by atoms with Crippen LogP contribution in [0.2, 0.25) is 5.02 Å². The zero-order chi connectivity index (χ0) is 65.4. The summed E-state index contributed by atoms with van der Waals surface area (Å²) in [5.74, 6) is 5.72. The minimum absolute atomic E-state index is 0. The molecule has 586 valence electrons. The van der Waals surface area contributed by atoms with Crippen LogP contribution in [0, 0.1) is 6.92 Å². The summed E-state index contributed by atoms with van der Waals surface area (Å²) < 4.78 is 9.99. The molecule has 0 aliphatic rings. The lowest BCUT2D eigenvalue weighted by Crippen LogP contribution is -1.92. The van der Waals surface area contributed by atoms with E-state index in [0.717, 1.165) is 78.3 Å². The highest BCUT2D eigenvalue weighted by Crippen LogP contribution is 2.35. The third-order valence-electron chi connectivity index (χ3n) is 15.8. The number of hydrogen-bond donors (Lipinski definition) is 10. The molecule has 100 heavy (non-hydrogen) atoms. The van der Waals surface area contributed by atoms with Crippen LogP contribution in [0.25, 0.3) is 0 Å². The average molecular weight is 1430 g/mol. The van der Waals surface area contributed by atoms with Gasteiger partial charge in [0.05, 0.1) is 19.2 Å². The number of aryl methyl sites for hydroxylation is 1. The fourth-order valence-electron chi connectivity index (χ4n) is 8.12. The molecule has 0 amide bonds. The number of aromatic hydroxyl groups is 10. The molecule has 0 saturated carbocycles. The maximum atomic E-state index is 9.51. The van der Waals surface area contributed by atoms with Gasteiger partial charge in [-0.25, -0.2) is 0 Å². The van der Waals surface area contributed by atoms with Crippen LogP contribution in [0.3, 0.4) is 0 Å². The van der Waals surface area contributed by atoms with Crippen LogP contribution in [0.15, 0.2) is 127 Å². The molecule has 12 nitrogen and oxygen atoms in total. The highest BCUT2D eigenvalue weighted by Gasteiger charge is 2.12. The summed E-state index contributed by atoms with van der Waals surface area (Å²) in [6, 6.07) is 36.8. The van der Waals surface area contributed by atoms with Gasteiger partial charge in [-0.05, 0) is 211 Å². The van der Waals surface area contributed by atoms with Crippen molar-refractivity contribution >= 4 is 11.6 Å². The Bertz CT molecular complexity index is 2900. The maximum absolute atomic E-state index is 9.51. The van der Waals surface area contributed by atoms with Crippen molar-refractivity contribution in [3.63, 3.8) is 0 Å². The Morgan fingerprint density at radius 2 is 0.590 bits per heavy atom. The van der Waals surface area contributed by atoms with Crippen LogP contribution in [-0.4, -0.2) is 65.3 Å². The largest absolute Gasteiger partial charge is 0.508 e. The van der Waals surface area contributed by atoms with E-state index in [9.17, 15) is 40.9 Å². The van der Waals surface area contributed by atoms with Crippen LogP contribution in [0.1, 0.15) is 332 Å². The molecule has 0 heterocycles. The van der Waals surface area contributed by atoms with E-state index >= 15 is 0 Å². The predicted octanol–water partition coefficient (Wildman–Crippen LogP) is 29.3. The molecule has 7 aromatic rings. The van der Waals surface area contributed by atoms with E-state index in [2.05, 4.69) is 96.1 Å². The number of methoxy groups -OCH3 is 2. The van der Waals surface area contributed by atoms with E-state index in [-0.39, 0.29) is 156 Å². The second-order valence-corrected chi connectivity index (χ2v) is 22.5. The molecule has 0 aliphatic carbocycles. The summed E-state index contributed by atoms with van der Waals surface area (Å²) >= 11 is 5.68. The first kappa shape index (κ1) is 126. The van der Waals surface area contributed by atoms with Gasteiger partial charge in [-0.3, -0.25) is 0 Å². The van der Waals surface area contributed by atoms with Crippen LogP contribution in [0.5, 0.6) is 69.0 Å². The van der Waals surface area contributed by atoms with Gasteiger partial charge >= 0.3 is 0 Å². The summed E-state index contributed by atoms with van der Waals surface area (Å²) in [6.45, 7) is 31.5. The van der Waals surface area contributed by atoms with Gasteiger partial charge in [0, 0.05) is 12.1 Å². The first-order valence-corrected chi connectivity index (χ1v) is 30.6. The molecule has 0 aliphatic heterocycles. The average Bonchev–Trinajstić information content (AvgIpc) is 0.919. The molecule has 7 atom stereocenters. The van der Waals surface area contributed by atoms with Gasteiger partial charge in [0.1, 0.15) is 34.5 Å². The van der Waals surface area contributed by atoms with Crippen molar-refractivity contribution < 1.29 is 60.5 Å². The predicted molar refractivity (Wildman–Crippen MR) is 450 cm³/mol. The number of benzene rings is 7. The minimum Gasteiger partial charge on any atom is -0.508 e. The van der Waals surface area contributed by atoms with E-state index in [1.165, 1.54) is 29.3 Å². The molecule has 0 saturated heterocycles. The molecule has 0 aromatic heterocycles. The molecule has 0 bridgehead atoms. The van der Waals surface area contributed by atoms with E-state index in [1.807, 2.05) is 56.3 Å². The summed E-state index contributed by atoms with van der Waals surface area (Å²) in [5, 5.41) is 93.1. The molecule has 10 N–H and O–H groups in total. The molecule has 7 aromatic carbocycles. The SMILES string of the molecule is C.C.C.C.C.C.C.C.C.C.C.C.C.C.CCC(C)c1cc(O)cc(O)c1.CCC(C)c1ccc(C)c(O)c1.CCC(C)c1ccc(Cl)c(O)c1.CCC(C)c1ccc(O)c(O)c1.CCC(C)c1ccc(O)c(OC)c1.CCC(C)c1ccc(O)cc1O.CCC(C)c1ccc(OC)c(O)c1. The molecule has 0 fully saturated rings. The van der Waals surface area contributed by atoms with Gasteiger partial charge in [0.25, 0.3) is 0 Å². The smallest absolute Gasteiger partial charge is 0.160 e. The molecule has 0 radical (unpaired) electrons. The van der Waals surface area contributed by atoms with Gasteiger partial charge in [-0.1, -0.05) is 255 Å². The first-order chi connectivity index (χ1) is 40.6. The lowest BCUT2D eigenvalue weighted by atomic mass is 9.97. The second-order valence-electron chi connectivity index (χ2n) is 22.1. The van der Waals surface area contributed by atoms with Crippen LogP contribution in [0.4, 0.5) is 0 Å². The van der Waals surface area contributed by atoms with Crippen molar-refractivity contribution in [2.75, 3.05) is 14.2 Å². The molecule has 7 unspecified atom stereocenters. The molecular weight excluding hydrogens is 1270 g/mol. The number of rotatable bonds is 16. The fourth-order valence-corrected chi connectivity index (χ4v) is 8.23. The zero-order valence-electron chi connectivity index (χ0n) is 54.3. The standard InChI is InChI=1S/2C11H16O2.C11H16O.C10H13ClO.3C10H14O2.14CH4/c1-4-8(2)9-5-6-11(13-3)10(12)7-9;1-4-8(2)9-5-6-10(12)11(7-9)13-3;1-4-8(2)10-6-5-9(3)11(12)7-10;1-3-7(2)8-4-5-9(11)10(12)6-8;1-3-7(2)8-4-9(11)6-10(12)5-8;1-3-7(2)9-5-4-8(11)6-10(9)12;1-3-7(2)8-4-5-9(11)10(12)6-8;;;;;;;;;;;;;;/h2*5-8,12H,4H2,1-3H3;5-8,12H,4H2,1-3H3;4-7,12H,3H2,1-2H3;3*4-7,11-12H,3H2,1-2H3;14*1H4. The Kier molecular flexibility index (Phi) is 82.9. The number of phenolic OH excluding ortho intramolecular Hbond substituents is 10.